The first-order chi connectivity index (χ1) is 24.6. The molecule has 0 aliphatic carbocycles. The molecule has 7 rings (SSSR count). The number of nitrogens with one attached hydrogen (secondary N) is 1. The number of hydrogen-bond acceptors (Lipinski definition) is 7. The van der Waals surface area contributed by atoms with Gasteiger partial charge >= 0.3 is 0 Å². The van der Waals surface area contributed by atoms with Gasteiger partial charge in [-0.3, -0.25) is 4.79 Å². The summed E-state index contributed by atoms with van der Waals surface area (Å²) in [6, 6.07) is 29.8. The first-order valence-corrected chi connectivity index (χ1v) is 17.1. The van der Waals surface area contributed by atoms with Crippen molar-refractivity contribution in [1.29, 1.82) is 5.26 Å². The quantitative estimate of drug-likeness (QED) is 0.145. The number of nitrogen functional groups attached to an aromatic ring is 1. The largest absolute Gasteiger partial charge is 0.454 e. The first-order valence-electron chi connectivity index (χ1n) is 15.6. The Morgan fingerprint density at radius 2 is 1.73 bits per heavy atom. The Hall–Kier alpha value is -6.58. The van der Waals surface area contributed by atoms with Crippen LogP contribution in [-0.2, 0) is 9.84 Å². The van der Waals surface area contributed by atoms with Gasteiger partial charge < -0.3 is 15.5 Å². The Labute approximate surface area is 291 Å². The molecule has 2 heterocycles. The Balaban J connectivity index is 1.27. The highest BCUT2D eigenvalue weighted by Crippen LogP contribution is 2.40. The van der Waals surface area contributed by atoms with Gasteiger partial charge in [0.05, 0.1) is 34.0 Å². The molecular formula is C39H27F2N5O4S. The molecule has 0 aliphatic rings. The zero-order chi connectivity index (χ0) is 35.9. The summed E-state index contributed by atoms with van der Waals surface area (Å²) in [6.45, 7) is 1.72. The molecule has 0 aliphatic heterocycles. The number of nitriles is 1. The average Bonchev–Trinajstić information content (AvgIpc) is 3.77. The van der Waals surface area contributed by atoms with Crippen LogP contribution in [0.5, 0.6) is 11.5 Å². The number of rotatable bonds is 9. The van der Waals surface area contributed by atoms with Gasteiger partial charge in [0.25, 0.3) is 0 Å². The minimum absolute atomic E-state index is 0.0324. The Morgan fingerprint density at radius 3 is 2.53 bits per heavy atom. The van der Waals surface area contributed by atoms with Crippen LogP contribution in [0.4, 0.5) is 14.6 Å². The molecule has 0 bridgehead atoms. The van der Waals surface area contributed by atoms with E-state index in [2.05, 4.69) is 16.2 Å². The van der Waals surface area contributed by atoms with E-state index >= 15 is 0 Å². The maximum Gasteiger partial charge on any atom is 0.201 e. The summed E-state index contributed by atoms with van der Waals surface area (Å²) in [5.41, 5.74) is 9.26. The van der Waals surface area contributed by atoms with Crippen LogP contribution in [0.25, 0.3) is 16.6 Å². The Kier molecular flexibility index (Phi) is 8.42. The summed E-state index contributed by atoms with van der Waals surface area (Å²) in [4.78, 5) is 17.1. The third kappa shape index (κ3) is 5.89. The van der Waals surface area contributed by atoms with Crippen molar-refractivity contribution in [3.8, 4) is 23.3 Å². The second-order valence-electron chi connectivity index (χ2n) is 11.7. The van der Waals surface area contributed by atoms with Gasteiger partial charge in [-0.1, -0.05) is 42.5 Å². The number of aryl methyl sites for hydroxylation is 1. The van der Waals surface area contributed by atoms with E-state index in [0.717, 1.165) is 11.6 Å². The van der Waals surface area contributed by atoms with Gasteiger partial charge in [-0.25, -0.2) is 17.5 Å². The minimum Gasteiger partial charge on any atom is -0.454 e. The van der Waals surface area contributed by atoms with Crippen LogP contribution >= 0.6 is 0 Å². The molecule has 0 saturated carbocycles. The number of aromatic amines is 1. The van der Waals surface area contributed by atoms with E-state index in [1.165, 1.54) is 47.3 Å². The summed E-state index contributed by atoms with van der Waals surface area (Å²) in [7, 11) is -4.36. The lowest BCUT2D eigenvalue weighted by Gasteiger charge is -2.21. The lowest BCUT2D eigenvalue weighted by Crippen LogP contribution is -2.19. The molecule has 2 aromatic heterocycles. The number of aromatic nitrogens is 3. The standard InChI is InChI=1S/C39H27F2N5O4S/c1-23-19-26(50-34-13-6-11-31(40)36(34)41)15-16-33(23)46-39(43)30(22-45-46)37(47)29-9-2-3-14-35(29)51(48,49)38(25-8-4-7-24(20-25)21-42)28-10-5-12-32-27(28)17-18-44-32/h2-20,22,38,44H,43H2,1H3. The van der Waals surface area contributed by atoms with Crippen LogP contribution in [0.1, 0.15) is 43.4 Å². The molecule has 252 valence electrons. The normalized spacial score (nSPS) is 12.0. The third-order valence-corrected chi connectivity index (χ3v) is 10.7. The van der Waals surface area contributed by atoms with Gasteiger partial charge in [0.2, 0.25) is 5.82 Å². The minimum atomic E-state index is -4.36. The van der Waals surface area contributed by atoms with Crippen molar-refractivity contribution in [3.63, 3.8) is 0 Å². The molecule has 12 heteroatoms. The summed E-state index contributed by atoms with van der Waals surface area (Å²) < 4.78 is 64.5. The van der Waals surface area contributed by atoms with Crippen LogP contribution in [0.2, 0.25) is 0 Å². The molecule has 5 aromatic carbocycles. The van der Waals surface area contributed by atoms with Gasteiger partial charge in [-0.05, 0) is 90.3 Å². The monoisotopic (exact) mass is 699 g/mol. The predicted molar refractivity (Wildman–Crippen MR) is 188 cm³/mol. The molecule has 7 aromatic rings. The van der Waals surface area contributed by atoms with Crippen molar-refractivity contribution in [1.82, 2.24) is 14.8 Å². The van der Waals surface area contributed by atoms with Crippen molar-refractivity contribution < 1.29 is 26.7 Å². The van der Waals surface area contributed by atoms with Gasteiger partial charge in [0.1, 0.15) is 16.8 Å². The summed E-state index contributed by atoms with van der Waals surface area (Å²) >= 11 is 0. The molecule has 0 saturated heterocycles. The smallest absolute Gasteiger partial charge is 0.201 e. The lowest BCUT2D eigenvalue weighted by atomic mass is 9.99. The molecule has 3 N–H and O–H groups in total. The highest BCUT2D eigenvalue weighted by Gasteiger charge is 2.36. The number of sulfone groups is 1. The Bertz CT molecular complexity index is 2640. The van der Waals surface area contributed by atoms with E-state index < -0.39 is 32.5 Å². The average molecular weight is 700 g/mol. The summed E-state index contributed by atoms with van der Waals surface area (Å²) in [6.07, 6.45) is 2.98. The molecule has 0 amide bonds. The van der Waals surface area contributed by atoms with Crippen molar-refractivity contribution in [2.75, 3.05) is 5.73 Å². The number of hydrogen-bond donors (Lipinski definition) is 2. The number of fused-ring (bicyclic) bond motifs is 1. The second kappa shape index (κ2) is 13.0. The van der Waals surface area contributed by atoms with Crippen molar-refractivity contribution >= 4 is 32.3 Å². The molecule has 1 atom stereocenters. The van der Waals surface area contributed by atoms with Gasteiger partial charge in [-0.2, -0.15) is 14.8 Å². The summed E-state index contributed by atoms with van der Waals surface area (Å²) in [5, 5.41) is 13.4. The van der Waals surface area contributed by atoms with E-state index in [1.54, 1.807) is 73.8 Å². The number of ketones is 1. The molecule has 9 nitrogen and oxygen atoms in total. The number of nitrogens with zero attached hydrogens (tertiary/aromatic N) is 3. The number of benzene rings is 5. The maximum absolute atomic E-state index is 14.9. The zero-order valence-electron chi connectivity index (χ0n) is 26.8. The fraction of sp³-hybridized carbons (Fsp3) is 0.0513. The fourth-order valence-electron chi connectivity index (χ4n) is 6.15. The van der Waals surface area contributed by atoms with E-state index in [1.807, 2.05) is 6.07 Å². The Morgan fingerprint density at radius 1 is 0.941 bits per heavy atom. The number of ether oxygens (including phenoxy) is 1. The molecule has 1 unspecified atom stereocenters. The topological polar surface area (TPSA) is 144 Å². The SMILES string of the molecule is Cc1cc(Oc2cccc(F)c2F)ccc1-n1ncc(C(=O)c2ccccc2S(=O)(=O)C(c2cccc(C#N)c2)c2cccc3[nH]ccc23)c1N. The highest BCUT2D eigenvalue weighted by atomic mass is 32.2. The highest BCUT2D eigenvalue weighted by molar-refractivity contribution is 7.92. The van der Waals surface area contributed by atoms with E-state index in [4.69, 9.17) is 10.5 Å². The van der Waals surface area contributed by atoms with Crippen molar-refractivity contribution in [2.24, 2.45) is 0 Å². The lowest BCUT2D eigenvalue weighted by molar-refractivity contribution is 0.103. The molecule has 51 heavy (non-hydrogen) atoms. The number of carbonyl (C=O) groups excluding carboxylic acids is 1. The van der Waals surface area contributed by atoms with E-state index in [0.29, 0.717) is 27.8 Å². The van der Waals surface area contributed by atoms with E-state index in [9.17, 15) is 27.3 Å². The van der Waals surface area contributed by atoms with Crippen LogP contribution < -0.4 is 10.5 Å². The predicted octanol–water partition coefficient (Wildman–Crippen LogP) is 7.98. The van der Waals surface area contributed by atoms with E-state index in [-0.39, 0.29) is 38.9 Å². The molecular weight excluding hydrogens is 673 g/mol. The number of nitrogens with two attached hydrogens (primary N) is 1. The van der Waals surface area contributed by atoms with Crippen LogP contribution in [0.15, 0.2) is 126 Å². The van der Waals surface area contributed by atoms with Gasteiger partial charge in [-0.15, -0.1) is 0 Å². The van der Waals surface area contributed by atoms with Crippen LogP contribution in [0.3, 0.4) is 0 Å². The van der Waals surface area contributed by atoms with Crippen LogP contribution in [0, 0.1) is 29.9 Å². The van der Waals surface area contributed by atoms with Crippen molar-refractivity contribution in [3.05, 3.63) is 167 Å². The molecule has 0 spiro atoms. The summed E-state index contributed by atoms with van der Waals surface area (Å²) in [5.74, 6) is -2.93. The third-order valence-electron chi connectivity index (χ3n) is 8.57. The molecule has 0 radical (unpaired) electrons. The number of halogens is 2. The maximum atomic E-state index is 14.9. The van der Waals surface area contributed by atoms with Gasteiger partial charge in [0.15, 0.2) is 27.2 Å². The number of H-pyrrole nitrogens is 1. The molecule has 0 fully saturated rings. The van der Waals surface area contributed by atoms with Crippen molar-refractivity contribution in [2.45, 2.75) is 17.1 Å². The number of carbonyl (C=O) groups is 1. The van der Waals surface area contributed by atoms with Crippen LogP contribution in [-0.4, -0.2) is 29.0 Å². The second-order valence-corrected chi connectivity index (χ2v) is 13.7. The van der Waals surface area contributed by atoms with Gasteiger partial charge in [0, 0.05) is 22.7 Å². The first kappa shape index (κ1) is 32.9. The fourth-order valence-corrected chi connectivity index (χ4v) is 8.19. The zero-order valence-corrected chi connectivity index (χ0v) is 27.7. The number of anilines is 1.